The topological polar surface area (TPSA) is 168 Å². The summed E-state index contributed by atoms with van der Waals surface area (Å²) in [6, 6.07) is 9.21. The highest BCUT2D eigenvalue weighted by Crippen LogP contribution is 2.40. The molecule has 2 amide bonds. The average Bonchev–Trinajstić information content (AvgIpc) is 3.11. The summed E-state index contributed by atoms with van der Waals surface area (Å²) < 4.78 is 65.4. The van der Waals surface area contributed by atoms with Gasteiger partial charge in [0.15, 0.2) is 0 Å². The molecule has 45 heavy (non-hydrogen) atoms. The van der Waals surface area contributed by atoms with Gasteiger partial charge in [0.05, 0.1) is 5.75 Å². The average molecular weight is 686 g/mol. The Hall–Kier alpha value is -2.66. The van der Waals surface area contributed by atoms with Gasteiger partial charge in [-0.05, 0) is 68.4 Å². The molecule has 0 aliphatic carbocycles. The first-order chi connectivity index (χ1) is 21.4. The molecule has 16 heteroatoms. The van der Waals surface area contributed by atoms with Crippen LogP contribution in [0.5, 0.6) is 0 Å². The van der Waals surface area contributed by atoms with Crippen molar-refractivity contribution < 1.29 is 36.3 Å². The van der Waals surface area contributed by atoms with Crippen molar-refractivity contribution >= 4 is 50.6 Å². The number of carbonyl (C=O) groups is 2. The molecular weight excluding hydrogens is 649 g/mol. The van der Waals surface area contributed by atoms with Crippen LogP contribution in [0.3, 0.4) is 0 Å². The maximum atomic E-state index is 15.3. The molecule has 0 saturated carbocycles. The van der Waals surface area contributed by atoms with E-state index in [-0.39, 0.29) is 61.4 Å². The smallest absolute Gasteiger partial charge is 0.405 e. The molecule has 5 rings (SSSR count). The number of piperidine rings is 1. The number of rotatable bonds is 9. The molecule has 3 heterocycles. The van der Waals surface area contributed by atoms with Crippen molar-refractivity contribution in [2.45, 2.75) is 62.1 Å². The van der Waals surface area contributed by atoms with Crippen LogP contribution in [0.4, 0.5) is 14.9 Å². The molecule has 5 atom stereocenters. The van der Waals surface area contributed by atoms with Gasteiger partial charge in [0, 0.05) is 60.0 Å². The third-order valence-electron chi connectivity index (χ3n) is 9.20. The molecule has 3 saturated heterocycles. The Morgan fingerprint density at radius 3 is 2.56 bits per heavy atom. The molecule has 12 nitrogen and oxygen atoms in total. The van der Waals surface area contributed by atoms with Crippen molar-refractivity contribution in [3.8, 4) is 0 Å². The van der Waals surface area contributed by atoms with Crippen LogP contribution in [0.15, 0.2) is 42.5 Å². The first-order valence-corrected chi connectivity index (χ1v) is 17.9. The number of benzene rings is 2. The number of nitrogens with zero attached hydrogens (tertiary/aromatic N) is 2. The molecule has 246 valence electrons. The van der Waals surface area contributed by atoms with Crippen molar-refractivity contribution in [3.05, 3.63) is 64.4 Å². The quantitative estimate of drug-likeness (QED) is 0.251. The van der Waals surface area contributed by atoms with Gasteiger partial charge in [-0.25, -0.2) is 26.1 Å². The van der Waals surface area contributed by atoms with Crippen molar-refractivity contribution in [2.75, 3.05) is 37.2 Å². The second-order valence-corrected chi connectivity index (χ2v) is 15.2. The van der Waals surface area contributed by atoms with E-state index in [1.165, 1.54) is 26.8 Å². The van der Waals surface area contributed by atoms with Gasteiger partial charge in [0.2, 0.25) is 27.2 Å². The minimum atomic E-state index is -3.45. The SMILES string of the molecule is O=C(O)N[C@H](C(=O)Nc1cccc(F)c1CC[C@H]1CN[C@@H]2CCCS(=O)(=O)N1C2)C1(c2ccc(Cl)cc2)CCN(S(=O)O)CC1. The Kier molecular flexibility index (Phi) is 10.5. The van der Waals surface area contributed by atoms with E-state index in [0.29, 0.717) is 36.5 Å². The second-order valence-electron chi connectivity index (χ2n) is 11.8. The van der Waals surface area contributed by atoms with Crippen LogP contribution in [0, 0.1) is 5.82 Å². The minimum absolute atomic E-state index is 0.0714. The highest BCUT2D eigenvalue weighted by Gasteiger charge is 2.48. The molecule has 5 N–H and O–H groups in total. The molecule has 3 aliphatic rings. The normalized spacial score (nSPS) is 25.8. The molecule has 2 bridgehead atoms. The third kappa shape index (κ3) is 7.50. The van der Waals surface area contributed by atoms with E-state index in [4.69, 9.17) is 11.6 Å². The Morgan fingerprint density at radius 1 is 1.18 bits per heavy atom. The Balaban J connectivity index is 1.42. The Morgan fingerprint density at radius 2 is 1.89 bits per heavy atom. The lowest BCUT2D eigenvalue weighted by Crippen LogP contribution is -2.60. The van der Waals surface area contributed by atoms with Gasteiger partial charge in [0.1, 0.15) is 11.9 Å². The highest BCUT2D eigenvalue weighted by molar-refractivity contribution is 7.89. The van der Waals surface area contributed by atoms with Crippen molar-refractivity contribution in [2.24, 2.45) is 0 Å². The lowest BCUT2D eigenvalue weighted by Gasteiger charge is -2.45. The maximum absolute atomic E-state index is 15.3. The number of hydrogen-bond donors (Lipinski definition) is 5. The van der Waals surface area contributed by atoms with E-state index >= 15 is 4.39 Å². The molecule has 0 spiro atoms. The molecule has 3 fully saturated rings. The van der Waals surface area contributed by atoms with E-state index in [1.54, 1.807) is 24.3 Å². The number of piperazine rings is 1. The number of fused-ring (bicyclic) bond motifs is 2. The van der Waals surface area contributed by atoms with E-state index < -0.39 is 50.6 Å². The third-order valence-corrected chi connectivity index (χ3v) is 12.2. The van der Waals surface area contributed by atoms with Gasteiger partial charge in [-0.3, -0.25) is 9.35 Å². The number of halogens is 2. The zero-order chi connectivity index (χ0) is 32.4. The summed E-state index contributed by atoms with van der Waals surface area (Å²) in [6.45, 7) is 1.02. The second kappa shape index (κ2) is 14.0. The Labute approximate surface area is 269 Å². The lowest BCUT2D eigenvalue weighted by molar-refractivity contribution is -0.120. The summed E-state index contributed by atoms with van der Waals surface area (Å²) in [5, 5.41) is 18.8. The van der Waals surface area contributed by atoms with E-state index in [9.17, 15) is 31.9 Å². The van der Waals surface area contributed by atoms with Gasteiger partial charge < -0.3 is 21.1 Å². The molecule has 0 radical (unpaired) electrons. The number of hydrogen-bond acceptors (Lipinski definition) is 6. The minimum Gasteiger partial charge on any atom is -0.465 e. The summed E-state index contributed by atoms with van der Waals surface area (Å²) in [5.41, 5.74) is -0.176. The van der Waals surface area contributed by atoms with Crippen LogP contribution >= 0.6 is 11.6 Å². The molecule has 2 aromatic carbocycles. The zero-order valence-corrected chi connectivity index (χ0v) is 26.8. The van der Waals surface area contributed by atoms with Crippen LogP contribution in [-0.2, 0) is 37.9 Å². The maximum Gasteiger partial charge on any atom is 0.405 e. The standard InChI is InChI=1S/C29H37ClFN5O7S2/c30-20-8-6-19(7-9-20)29(12-14-35(15-13-29)44(40)41)26(34-28(38)39)27(37)33-25-5-1-4-24(31)23(25)11-10-22-17-32-21-3-2-16-45(42,43)36(22)18-21/h1,4-9,21-22,26,32,34H,2-3,10-18H2,(H,33,37)(H,38,39)(H,40,41)/t21-,22+,26-/m1/s1. The zero-order valence-electron chi connectivity index (χ0n) is 24.5. The number of carbonyl (C=O) groups excluding carboxylic acids is 1. The molecule has 0 aromatic heterocycles. The van der Waals surface area contributed by atoms with E-state index in [2.05, 4.69) is 16.0 Å². The number of sulfonamides is 1. The van der Waals surface area contributed by atoms with Crippen molar-refractivity contribution in [1.29, 1.82) is 0 Å². The fourth-order valence-electron chi connectivity index (χ4n) is 6.84. The fraction of sp³-hybridized carbons (Fsp3) is 0.517. The summed E-state index contributed by atoms with van der Waals surface area (Å²) in [4.78, 5) is 26.1. The van der Waals surface area contributed by atoms with E-state index in [0.717, 1.165) is 6.42 Å². The van der Waals surface area contributed by atoms with Crippen LogP contribution in [0.25, 0.3) is 0 Å². The first-order valence-electron chi connectivity index (χ1n) is 14.8. The Bertz CT molecular complexity index is 1540. The van der Waals surface area contributed by atoms with Crippen LogP contribution in [-0.4, -0.2) is 93.0 Å². The summed E-state index contributed by atoms with van der Waals surface area (Å²) in [6.07, 6.45) is 0.656. The first kappa shape index (κ1) is 33.7. The van der Waals surface area contributed by atoms with Gasteiger partial charge in [-0.1, -0.05) is 29.8 Å². The summed E-state index contributed by atoms with van der Waals surface area (Å²) >= 11 is 3.88. The number of amides is 2. The van der Waals surface area contributed by atoms with Gasteiger partial charge in [0.25, 0.3) is 0 Å². The predicted octanol–water partition coefficient (Wildman–Crippen LogP) is 2.92. The molecule has 3 aliphatic heterocycles. The van der Waals surface area contributed by atoms with Crippen molar-refractivity contribution in [3.63, 3.8) is 0 Å². The lowest BCUT2D eigenvalue weighted by atomic mass is 9.67. The van der Waals surface area contributed by atoms with E-state index in [1.807, 2.05) is 0 Å². The summed E-state index contributed by atoms with van der Waals surface area (Å²) in [5.74, 6) is -1.24. The van der Waals surface area contributed by atoms with Gasteiger partial charge in [-0.15, -0.1) is 0 Å². The highest BCUT2D eigenvalue weighted by atomic mass is 35.5. The monoisotopic (exact) mass is 685 g/mol. The molecular formula is C29H37ClFN5O7S2. The van der Waals surface area contributed by atoms with Crippen LogP contribution in [0.1, 0.15) is 43.2 Å². The number of anilines is 1. The van der Waals surface area contributed by atoms with Crippen LogP contribution in [0.2, 0.25) is 5.02 Å². The van der Waals surface area contributed by atoms with Crippen molar-refractivity contribution in [1.82, 2.24) is 19.2 Å². The number of nitrogens with one attached hydrogen (secondary N) is 3. The molecule has 2 unspecified atom stereocenters. The predicted molar refractivity (Wildman–Crippen MR) is 168 cm³/mol. The summed E-state index contributed by atoms with van der Waals surface area (Å²) in [7, 11) is -3.45. The fourth-order valence-corrected chi connectivity index (χ4v) is 9.26. The van der Waals surface area contributed by atoms with Crippen LogP contribution < -0.4 is 16.0 Å². The molecule has 2 aromatic rings. The largest absolute Gasteiger partial charge is 0.465 e. The van der Waals surface area contributed by atoms with Gasteiger partial charge in [-0.2, -0.15) is 4.31 Å². The van der Waals surface area contributed by atoms with Gasteiger partial charge >= 0.3 is 6.09 Å². The number of carboxylic acid groups (broad SMARTS) is 1.